The van der Waals surface area contributed by atoms with E-state index in [1.165, 1.54) is 0 Å². The lowest BCUT2D eigenvalue weighted by Gasteiger charge is -2.14. The number of para-hydroxylation sites is 1. The fourth-order valence-electron chi connectivity index (χ4n) is 2.21. The Labute approximate surface area is 153 Å². The van der Waals surface area contributed by atoms with Gasteiger partial charge < -0.3 is 15.2 Å². The maximum Gasteiger partial charge on any atom is 0.277 e. The highest BCUT2D eigenvalue weighted by Crippen LogP contribution is 2.22. The molecule has 2 aromatic carbocycles. The van der Waals surface area contributed by atoms with Gasteiger partial charge in [0.25, 0.3) is 17.3 Å². The summed E-state index contributed by atoms with van der Waals surface area (Å²) in [5.41, 5.74) is -0.504. The van der Waals surface area contributed by atoms with Crippen molar-refractivity contribution in [2.75, 3.05) is 13.2 Å². The number of benzene rings is 2. The average molecular weight is 375 g/mol. The molecule has 10 heteroatoms. The first kappa shape index (κ1) is 19.8. The number of rotatable bonds is 8. The molecule has 2 aromatic rings. The van der Waals surface area contributed by atoms with Crippen LogP contribution < -0.4 is 10.1 Å². The van der Waals surface area contributed by atoms with Crippen LogP contribution in [0.25, 0.3) is 0 Å². The minimum Gasteiger partial charge on any atom is -0.491 e. The number of aliphatic hydroxyl groups excluding tert-OH is 1. The Morgan fingerprint density at radius 2 is 1.74 bits per heavy atom. The molecular weight excluding hydrogens is 358 g/mol. The molecule has 10 nitrogen and oxygen atoms in total. The number of nitrogens with one attached hydrogen (secondary N) is 1. The van der Waals surface area contributed by atoms with Gasteiger partial charge >= 0.3 is 0 Å². The van der Waals surface area contributed by atoms with Crippen molar-refractivity contribution in [1.29, 1.82) is 0 Å². The zero-order valence-corrected chi connectivity index (χ0v) is 14.3. The highest BCUT2D eigenvalue weighted by atomic mass is 16.6. The van der Waals surface area contributed by atoms with Crippen molar-refractivity contribution in [1.82, 2.24) is 5.32 Å². The van der Waals surface area contributed by atoms with Crippen LogP contribution in [0.4, 0.5) is 11.4 Å². The number of hydrogen-bond acceptors (Lipinski definition) is 7. The van der Waals surface area contributed by atoms with E-state index in [1.54, 1.807) is 12.1 Å². The van der Waals surface area contributed by atoms with Crippen LogP contribution in [0.2, 0.25) is 0 Å². The highest BCUT2D eigenvalue weighted by molar-refractivity contribution is 5.95. The Morgan fingerprint density at radius 1 is 1.15 bits per heavy atom. The highest BCUT2D eigenvalue weighted by Gasteiger charge is 2.20. The van der Waals surface area contributed by atoms with Crippen molar-refractivity contribution >= 4 is 17.3 Å². The molecule has 0 saturated heterocycles. The van der Waals surface area contributed by atoms with E-state index >= 15 is 0 Å². The number of aryl methyl sites for hydroxylation is 1. The van der Waals surface area contributed by atoms with E-state index < -0.39 is 33.2 Å². The zero-order chi connectivity index (χ0) is 20.0. The van der Waals surface area contributed by atoms with Crippen LogP contribution in [0.1, 0.15) is 15.9 Å². The van der Waals surface area contributed by atoms with Gasteiger partial charge in [0, 0.05) is 18.7 Å². The summed E-state index contributed by atoms with van der Waals surface area (Å²) >= 11 is 0. The normalized spacial score (nSPS) is 11.5. The zero-order valence-electron chi connectivity index (χ0n) is 14.3. The molecule has 0 saturated carbocycles. The van der Waals surface area contributed by atoms with Crippen LogP contribution in [0.3, 0.4) is 0 Å². The second kappa shape index (κ2) is 8.72. The average Bonchev–Trinajstić information content (AvgIpc) is 2.64. The molecule has 0 bridgehead atoms. The second-order valence-corrected chi connectivity index (χ2v) is 5.69. The van der Waals surface area contributed by atoms with Crippen LogP contribution in [0.15, 0.2) is 42.5 Å². The Bertz CT molecular complexity index is 837. The fraction of sp³-hybridized carbons (Fsp3) is 0.235. The number of ether oxygens (including phenoxy) is 1. The van der Waals surface area contributed by atoms with Crippen LogP contribution in [0.5, 0.6) is 5.75 Å². The van der Waals surface area contributed by atoms with E-state index in [2.05, 4.69) is 5.32 Å². The van der Waals surface area contributed by atoms with Crippen LogP contribution in [0, 0.1) is 27.2 Å². The van der Waals surface area contributed by atoms with Crippen LogP contribution in [-0.4, -0.2) is 40.1 Å². The van der Waals surface area contributed by atoms with Gasteiger partial charge in [-0.25, -0.2) is 0 Å². The van der Waals surface area contributed by atoms with Crippen molar-refractivity contribution in [3.05, 3.63) is 73.8 Å². The maximum absolute atomic E-state index is 12.1. The number of non-ortho nitro benzene ring substituents is 2. The number of carbonyl (C=O) groups excluding carboxylic acids is 1. The van der Waals surface area contributed by atoms with Gasteiger partial charge in [0.2, 0.25) is 0 Å². The first-order chi connectivity index (χ1) is 12.8. The van der Waals surface area contributed by atoms with Gasteiger partial charge in [0.1, 0.15) is 18.5 Å². The van der Waals surface area contributed by atoms with E-state index in [1.807, 2.05) is 19.1 Å². The summed E-state index contributed by atoms with van der Waals surface area (Å²) < 4.78 is 5.46. The number of amides is 1. The molecule has 0 heterocycles. The van der Waals surface area contributed by atoms with Gasteiger partial charge in [-0.1, -0.05) is 18.2 Å². The molecule has 1 unspecified atom stereocenters. The van der Waals surface area contributed by atoms with E-state index in [-0.39, 0.29) is 18.7 Å². The molecule has 2 N–H and O–H groups in total. The predicted molar refractivity (Wildman–Crippen MR) is 94.8 cm³/mol. The van der Waals surface area contributed by atoms with Gasteiger partial charge in [-0.05, 0) is 18.6 Å². The van der Waals surface area contributed by atoms with Gasteiger partial charge in [0.05, 0.1) is 21.5 Å². The lowest BCUT2D eigenvalue weighted by molar-refractivity contribution is -0.394. The summed E-state index contributed by atoms with van der Waals surface area (Å²) in [6, 6.07) is 9.84. The first-order valence-corrected chi connectivity index (χ1v) is 7.86. The molecule has 0 aliphatic rings. The molecule has 1 amide bonds. The number of hydrogen-bond donors (Lipinski definition) is 2. The van der Waals surface area contributed by atoms with Gasteiger partial charge in [-0.2, -0.15) is 0 Å². The lowest BCUT2D eigenvalue weighted by atomic mass is 10.1. The third kappa shape index (κ3) is 5.47. The smallest absolute Gasteiger partial charge is 0.277 e. The maximum atomic E-state index is 12.1. The Hall–Kier alpha value is -3.53. The van der Waals surface area contributed by atoms with Crippen molar-refractivity contribution in [2.24, 2.45) is 0 Å². The van der Waals surface area contributed by atoms with Crippen molar-refractivity contribution in [3.8, 4) is 5.75 Å². The van der Waals surface area contributed by atoms with E-state index in [4.69, 9.17) is 4.74 Å². The Kier molecular flexibility index (Phi) is 6.39. The van der Waals surface area contributed by atoms with E-state index in [0.717, 1.165) is 23.8 Å². The number of nitrogens with zero attached hydrogens (tertiary/aromatic N) is 2. The number of carbonyl (C=O) groups is 1. The summed E-state index contributed by atoms with van der Waals surface area (Å²) in [7, 11) is 0. The molecule has 142 valence electrons. The summed E-state index contributed by atoms with van der Waals surface area (Å²) in [5, 5.41) is 34.0. The largest absolute Gasteiger partial charge is 0.491 e. The first-order valence-electron chi connectivity index (χ1n) is 7.86. The van der Waals surface area contributed by atoms with Gasteiger partial charge in [-0.3, -0.25) is 25.0 Å². The van der Waals surface area contributed by atoms with Crippen LogP contribution >= 0.6 is 0 Å². The minimum atomic E-state index is -1.04. The molecule has 0 aliphatic carbocycles. The number of nitro benzene ring substituents is 2. The Morgan fingerprint density at radius 3 is 2.30 bits per heavy atom. The summed E-state index contributed by atoms with van der Waals surface area (Å²) in [6.45, 7) is 1.57. The molecular formula is C17H17N3O7. The summed E-state index contributed by atoms with van der Waals surface area (Å²) in [5.74, 6) is -0.186. The minimum absolute atomic E-state index is 0.0831. The standard InChI is InChI=1S/C17H17N3O7/c1-11-4-2-3-5-16(11)27-10-15(21)9-18-17(22)12-6-13(19(23)24)8-14(7-12)20(25)26/h2-8,15,21H,9-10H2,1H3,(H,18,22). The van der Waals surface area contributed by atoms with Gasteiger partial charge in [-0.15, -0.1) is 0 Å². The van der Waals surface area contributed by atoms with E-state index in [0.29, 0.717) is 5.75 Å². The molecule has 0 aliphatic heterocycles. The number of nitro groups is 2. The monoisotopic (exact) mass is 375 g/mol. The fourth-order valence-corrected chi connectivity index (χ4v) is 2.21. The molecule has 0 radical (unpaired) electrons. The predicted octanol–water partition coefficient (Wildman–Crippen LogP) is 1.98. The summed E-state index contributed by atoms with van der Waals surface area (Å²) in [6.07, 6.45) is -1.04. The Balaban J connectivity index is 1.97. The summed E-state index contributed by atoms with van der Waals surface area (Å²) in [4.78, 5) is 32.2. The molecule has 27 heavy (non-hydrogen) atoms. The van der Waals surface area contributed by atoms with Crippen molar-refractivity contribution in [2.45, 2.75) is 13.0 Å². The molecule has 0 spiro atoms. The van der Waals surface area contributed by atoms with E-state index in [9.17, 15) is 30.1 Å². The molecule has 0 fully saturated rings. The third-order valence-corrected chi connectivity index (χ3v) is 3.61. The van der Waals surface area contributed by atoms with Crippen LogP contribution in [-0.2, 0) is 0 Å². The second-order valence-electron chi connectivity index (χ2n) is 5.69. The molecule has 0 aromatic heterocycles. The van der Waals surface area contributed by atoms with Gasteiger partial charge in [0.15, 0.2) is 0 Å². The van der Waals surface area contributed by atoms with Crippen molar-refractivity contribution in [3.63, 3.8) is 0 Å². The third-order valence-electron chi connectivity index (χ3n) is 3.61. The SMILES string of the molecule is Cc1ccccc1OCC(O)CNC(=O)c1cc([N+](=O)[O-])cc([N+](=O)[O-])c1. The quantitative estimate of drug-likeness (QED) is 0.530. The lowest BCUT2D eigenvalue weighted by Crippen LogP contribution is -2.35. The number of aliphatic hydroxyl groups is 1. The van der Waals surface area contributed by atoms with Crippen molar-refractivity contribution < 1.29 is 24.5 Å². The molecule has 1 atom stereocenters. The molecule has 2 rings (SSSR count). The topological polar surface area (TPSA) is 145 Å².